The predicted octanol–water partition coefficient (Wildman–Crippen LogP) is -0.763. The standard InChI is InChI=1S/C12H22N4O2S/c1-2-16-5-3-9(4-6-16)7-14-11(17)12(18)15-8-10(13)19/h9H,2-8H2,1H3,(H2,13,19)(H,14,17)(H,15,18). The molecule has 4 N–H and O–H groups in total. The Morgan fingerprint density at radius 2 is 1.84 bits per heavy atom. The summed E-state index contributed by atoms with van der Waals surface area (Å²) in [6, 6.07) is 0. The Hall–Kier alpha value is -1.21. The third-order valence-electron chi connectivity index (χ3n) is 3.34. The molecule has 1 rings (SSSR count). The lowest BCUT2D eigenvalue weighted by atomic mass is 9.97. The molecule has 7 heteroatoms. The van der Waals surface area contributed by atoms with E-state index in [4.69, 9.17) is 5.73 Å². The summed E-state index contributed by atoms with van der Waals surface area (Å²) in [7, 11) is 0. The van der Waals surface area contributed by atoms with Crippen molar-refractivity contribution in [1.82, 2.24) is 15.5 Å². The molecule has 1 saturated heterocycles. The molecule has 1 aliphatic heterocycles. The van der Waals surface area contributed by atoms with Crippen molar-refractivity contribution in [2.24, 2.45) is 11.7 Å². The topological polar surface area (TPSA) is 87.5 Å². The minimum absolute atomic E-state index is 0.0521. The molecule has 1 aliphatic rings. The number of amides is 2. The first-order chi connectivity index (χ1) is 9.02. The third-order valence-corrected chi connectivity index (χ3v) is 3.48. The van der Waals surface area contributed by atoms with Gasteiger partial charge in [-0.25, -0.2) is 0 Å². The molecule has 0 aromatic heterocycles. The first-order valence-corrected chi connectivity index (χ1v) is 7.00. The minimum Gasteiger partial charge on any atom is -0.392 e. The molecule has 0 aliphatic carbocycles. The van der Waals surface area contributed by atoms with Crippen LogP contribution >= 0.6 is 12.2 Å². The number of piperidine rings is 1. The molecular weight excluding hydrogens is 264 g/mol. The van der Waals surface area contributed by atoms with E-state index in [0.29, 0.717) is 12.5 Å². The maximum Gasteiger partial charge on any atom is 0.309 e. The van der Waals surface area contributed by atoms with E-state index in [9.17, 15) is 9.59 Å². The predicted molar refractivity (Wildman–Crippen MR) is 77.6 cm³/mol. The van der Waals surface area contributed by atoms with Crippen LogP contribution in [0.4, 0.5) is 0 Å². The van der Waals surface area contributed by atoms with Gasteiger partial charge < -0.3 is 21.3 Å². The van der Waals surface area contributed by atoms with E-state index in [1.165, 1.54) is 0 Å². The molecule has 0 aromatic rings. The minimum atomic E-state index is -0.682. The fourth-order valence-electron chi connectivity index (χ4n) is 2.07. The zero-order valence-electron chi connectivity index (χ0n) is 11.3. The lowest BCUT2D eigenvalue weighted by Crippen LogP contribution is -2.45. The number of likely N-dealkylation sites (tertiary alicyclic amines) is 1. The van der Waals surface area contributed by atoms with E-state index >= 15 is 0 Å². The normalized spacial score (nSPS) is 16.9. The molecule has 19 heavy (non-hydrogen) atoms. The van der Waals surface area contributed by atoms with Crippen molar-refractivity contribution in [1.29, 1.82) is 0 Å². The number of rotatable bonds is 5. The fraction of sp³-hybridized carbons (Fsp3) is 0.750. The number of nitrogens with two attached hydrogens (primary N) is 1. The highest BCUT2D eigenvalue weighted by Crippen LogP contribution is 2.15. The average molecular weight is 286 g/mol. The van der Waals surface area contributed by atoms with Crippen molar-refractivity contribution in [2.45, 2.75) is 19.8 Å². The van der Waals surface area contributed by atoms with Crippen LogP contribution in [-0.2, 0) is 9.59 Å². The lowest BCUT2D eigenvalue weighted by Gasteiger charge is -2.30. The molecule has 1 fully saturated rings. The molecule has 108 valence electrons. The fourth-order valence-corrected chi connectivity index (χ4v) is 2.14. The molecule has 0 bridgehead atoms. The summed E-state index contributed by atoms with van der Waals surface area (Å²) in [5.74, 6) is -0.844. The van der Waals surface area contributed by atoms with Crippen LogP contribution in [0.15, 0.2) is 0 Å². The van der Waals surface area contributed by atoms with Crippen molar-refractivity contribution in [2.75, 3.05) is 32.7 Å². The van der Waals surface area contributed by atoms with Gasteiger partial charge in [-0.15, -0.1) is 0 Å². The second-order valence-corrected chi connectivity index (χ2v) is 5.26. The molecule has 2 amide bonds. The van der Waals surface area contributed by atoms with Crippen LogP contribution in [0.5, 0.6) is 0 Å². The number of nitrogens with one attached hydrogen (secondary N) is 2. The molecule has 0 aromatic carbocycles. The molecule has 0 spiro atoms. The molecule has 1 heterocycles. The van der Waals surface area contributed by atoms with Gasteiger partial charge in [0, 0.05) is 6.54 Å². The van der Waals surface area contributed by atoms with E-state index in [0.717, 1.165) is 32.5 Å². The van der Waals surface area contributed by atoms with Gasteiger partial charge in [-0.1, -0.05) is 19.1 Å². The zero-order valence-corrected chi connectivity index (χ0v) is 12.1. The molecule has 6 nitrogen and oxygen atoms in total. The van der Waals surface area contributed by atoms with Crippen LogP contribution in [0.25, 0.3) is 0 Å². The lowest BCUT2D eigenvalue weighted by molar-refractivity contribution is -0.139. The monoisotopic (exact) mass is 286 g/mol. The summed E-state index contributed by atoms with van der Waals surface area (Å²) in [5.41, 5.74) is 5.24. The number of carbonyl (C=O) groups excluding carboxylic acids is 2. The summed E-state index contributed by atoms with van der Waals surface area (Å²) in [6.45, 7) is 5.94. The van der Waals surface area contributed by atoms with E-state index in [1.807, 2.05) is 0 Å². The van der Waals surface area contributed by atoms with Crippen molar-refractivity contribution in [3.05, 3.63) is 0 Å². The molecule has 0 unspecified atom stereocenters. The number of hydrogen-bond donors (Lipinski definition) is 3. The van der Waals surface area contributed by atoms with Crippen molar-refractivity contribution < 1.29 is 9.59 Å². The second-order valence-electron chi connectivity index (χ2n) is 4.74. The Bertz CT molecular complexity index is 341. The van der Waals surface area contributed by atoms with Gasteiger partial charge in [0.1, 0.15) is 0 Å². The van der Waals surface area contributed by atoms with E-state index < -0.39 is 11.8 Å². The SMILES string of the molecule is CCN1CCC(CNC(=O)C(=O)NCC(N)=S)CC1. The van der Waals surface area contributed by atoms with Crippen LogP contribution in [0.1, 0.15) is 19.8 Å². The van der Waals surface area contributed by atoms with Crippen molar-refractivity contribution in [3.63, 3.8) is 0 Å². The Morgan fingerprint density at radius 1 is 1.26 bits per heavy atom. The summed E-state index contributed by atoms with van der Waals surface area (Å²) in [6.07, 6.45) is 2.12. The van der Waals surface area contributed by atoms with Gasteiger partial charge in [0.25, 0.3) is 0 Å². The molecular formula is C12H22N4O2S. The van der Waals surface area contributed by atoms with Gasteiger partial charge >= 0.3 is 11.8 Å². The Balaban J connectivity index is 2.19. The number of hydrogen-bond acceptors (Lipinski definition) is 4. The van der Waals surface area contributed by atoms with Crippen LogP contribution in [-0.4, -0.2) is 54.4 Å². The van der Waals surface area contributed by atoms with Gasteiger partial charge in [0.2, 0.25) is 0 Å². The van der Waals surface area contributed by atoms with Crippen LogP contribution in [0.2, 0.25) is 0 Å². The van der Waals surface area contributed by atoms with E-state index in [2.05, 4.69) is 34.7 Å². The third kappa shape index (κ3) is 5.98. The average Bonchev–Trinajstić information content (AvgIpc) is 2.42. The Kier molecular flexibility index (Phi) is 6.72. The van der Waals surface area contributed by atoms with Gasteiger partial charge in [-0.05, 0) is 38.4 Å². The van der Waals surface area contributed by atoms with E-state index in [1.54, 1.807) is 0 Å². The number of thiocarbonyl (C=S) groups is 1. The van der Waals surface area contributed by atoms with Crippen LogP contribution in [0.3, 0.4) is 0 Å². The van der Waals surface area contributed by atoms with Gasteiger partial charge in [0.05, 0.1) is 11.5 Å². The summed E-state index contributed by atoms with van der Waals surface area (Å²) >= 11 is 4.62. The molecule has 0 saturated carbocycles. The van der Waals surface area contributed by atoms with Gasteiger partial charge in [-0.2, -0.15) is 0 Å². The Labute approximate surface area is 119 Å². The van der Waals surface area contributed by atoms with Gasteiger partial charge in [-0.3, -0.25) is 9.59 Å². The molecule has 0 radical (unpaired) electrons. The van der Waals surface area contributed by atoms with Gasteiger partial charge in [0.15, 0.2) is 0 Å². The quantitative estimate of drug-likeness (QED) is 0.457. The maximum absolute atomic E-state index is 11.5. The first-order valence-electron chi connectivity index (χ1n) is 6.59. The second kappa shape index (κ2) is 8.06. The highest BCUT2D eigenvalue weighted by molar-refractivity contribution is 7.80. The van der Waals surface area contributed by atoms with E-state index in [-0.39, 0.29) is 11.5 Å². The molecule has 0 atom stereocenters. The van der Waals surface area contributed by atoms with Crippen LogP contribution in [0, 0.1) is 5.92 Å². The van der Waals surface area contributed by atoms with Crippen LogP contribution < -0.4 is 16.4 Å². The maximum atomic E-state index is 11.5. The van der Waals surface area contributed by atoms with Crippen molar-refractivity contribution in [3.8, 4) is 0 Å². The summed E-state index contributed by atoms with van der Waals surface area (Å²) < 4.78 is 0. The summed E-state index contributed by atoms with van der Waals surface area (Å²) in [4.78, 5) is 25.4. The number of carbonyl (C=O) groups is 2. The number of nitrogens with zero attached hydrogens (tertiary/aromatic N) is 1. The largest absolute Gasteiger partial charge is 0.392 e. The highest BCUT2D eigenvalue weighted by atomic mass is 32.1. The smallest absolute Gasteiger partial charge is 0.309 e. The highest BCUT2D eigenvalue weighted by Gasteiger charge is 2.20. The Morgan fingerprint density at radius 3 is 2.37 bits per heavy atom. The summed E-state index contributed by atoms with van der Waals surface area (Å²) in [5, 5.41) is 5.02. The zero-order chi connectivity index (χ0) is 14.3. The van der Waals surface area contributed by atoms with Crippen molar-refractivity contribution >= 4 is 29.0 Å². The first kappa shape index (κ1) is 15.8.